The Bertz CT molecular complexity index is 1680. The van der Waals surface area contributed by atoms with Gasteiger partial charge in [-0.15, -0.1) is 0 Å². The summed E-state index contributed by atoms with van der Waals surface area (Å²) in [5, 5.41) is 0.479. The molecule has 2 aromatic heterocycles. The molecule has 5 aromatic rings. The van der Waals surface area contributed by atoms with E-state index in [1.165, 1.54) is 25.9 Å². The maximum absolute atomic E-state index is 14.0. The van der Waals surface area contributed by atoms with Crippen LogP contribution >= 0.6 is 0 Å². The highest BCUT2D eigenvalue weighted by Gasteiger charge is 2.22. The SMILES string of the molecule is COc1cc(-c2nc3c(c(=O)c4ccccc4n3C)c(=O)n2-c2ccccc2)cc(OC)c1OC. The molecule has 0 spiro atoms. The number of para-hydroxylation sites is 2. The number of rotatable bonds is 5. The first kappa shape index (κ1) is 22.2. The molecule has 0 unspecified atom stereocenters. The number of methoxy groups -OCH3 is 3. The lowest BCUT2D eigenvalue weighted by atomic mass is 10.1. The largest absolute Gasteiger partial charge is 0.493 e. The van der Waals surface area contributed by atoms with Gasteiger partial charge in [-0.25, -0.2) is 4.98 Å². The maximum Gasteiger partial charge on any atom is 0.271 e. The highest BCUT2D eigenvalue weighted by Crippen LogP contribution is 2.41. The number of pyridine rings is 1. The van der Waals surface area contributed by atoms with Crippen LogP contribution < -0.4 is 25.2 Å². The van der Waals surface area contributed by atoms with Crippen LogP contribution in [0.5, 0.6) is 17.2 Å². The van der Waals surface area contributed by atoms with Crippen LogP contribution in [0.3, 0.4) is 0 Å². The molecule has 0 bridgehead atoms. The van der Waals surface area contributed by atoms with Crippen molar-refractivity contribution in [2.45, 2.75) is 0 Å². The van der Waals surface area contributed by atoms with E-state index in [1.54, 1.807) is 48.0 Å². The highest BCUT2D eigenvalue weighted by atomic mass is 16.5. The van der Waals surface area contributed by atoms with E-state index in [9.17, 15) is 9.59 Å². The fourth-order valence-electron chi connectivity index (χ4n) is 4.38. The number of hydrogen-bond donors (Lipinski definition) is 0. The molecule has 0 amide bonds. The third-order valence-corrected chi connectivity index (χ3v) is 6.06. The first-order valence-electron chi connectivity index (χ1n) is 10.9. The molecule has 3 aromatic carbocycles. The first-order valence-corrected chi connectivity index (χ1v) is 10.9. The van der Waals surface area contributed by atoms with Gasteiger partial charge in [-0.3, -0.25) is 14.2 Å². The molecular weight excluding hydrogens is 446 g/mol. The van der Waals surface area contributed by atoms with Gasteiger partial charge >= 0.3 is 0 Å². The van der Waals surface area contributed by atoms with Gasteiger partial charge < -0.3 is 18.8 Å². The van der Waals surface area contributed by atoms with Gasteiger partial charge in [0.1, 0.15) is 11.2 Å². The summed E-state index contributed by atoms with van der Waals surface area (Å²) in [6, 6.07) is 19.7. The summed E-state index contributed by atoms with van der Waals surface area (Å²) in [6.07, 6.45) is 0. The Balaban J connectivity index is 1.99. The average Bonchev–Trinajstić information content (AvgIpc) is 2.90. The highest BCUT2D eigenvalue weighted by molar-refractivity contribution is 5.92. The Morgan fingerprint density at radius 2 is 1.43 bits per heavy atom. The predicted molar refractivity (Wildman–Crippen MR) is 135 cm³/mol. The van der Waals surface area contributed by atoms with Crippen LogP contribution in [0.4, 0.5) is 0 Å². The van der Waals surface area contributed by atoms with Crippen LogP contribution in [0.1, 0.15) is 0 Å². The van der Waals surface area contributed by atoms with Crippen molar-refractivity contribution in [3.8, 4) is 34.3 Å². The summed E-state index contributed by atoms with van der Waals surface area (Å²) in [7, 11) is 6.36. The zero-order valence-electron chi connectivity index (χ0n) is 19.7. The number of fused-ring (bicyclic) bond motifs is 2. The first-order chi connectivity index (χ1) is 17.0. The number of benzene rings is 3. The van der Waals surface area contributed by atoms with E-state index in [1.807, 2.05) is 30.3 Å². The Labute approximate surface area is 200 Å². The maximum atomic E-state index is 14.0. The molecule has 0 N–H and O–H groups in total. The van der Waals surface area contributed by atoms with Gasteiger partial charge in [-0.1, -0.05) is 30.3 Å². The van der Waals surface area contributed by atoms with Crippen LogP contribution in [0, 0.1) is 0 Å². The molecule has 0 radical (unpaired) electrons. The fourth-order valence-corrected chi connectivity index (χ4v) is 4.38. The van der Waals surface area contributed by atoms with Crippen molar-refractivity contribution in [2.75, 3.05) is 21.3 Å². The normalized spacial score (nSPS) is 11.1. The van der Waals surface area contributed by atoms with Crippen LogP contribution in [0.15, 0.2) is 76.3 Å². The van der Waals surface area contributed by atoms with Crippen molar-refractivity contribution in [3.05, 3.63) is 87.3 Å². The smallest absolute Gasteiger partial charge is 0.271 e. The number of hydrogen-bond acceptors (Lipinski definition) is 6. The Morgan fingerprint density at radius 1 is 0.800 bits per heavy atom. The number of aromatic nitrogens is 3. The lowest BCUT2D eigenvalue weighted by molar-refractivity contribution is 0.324. The van der Waals surface area contributed by atoms with E-state index in [-0.39, 0.29) is 16.5 Å². The van der Waals surface area contributed by atoms with Crippen LogP contribution in [-0.4, -0.2) is 35.4 Å². The van der Waals surface area contributed by atoms with Crippen LogP contribution in [-0.2, 0) is 7.05 Å². The number of ether oxygens (including phenoxy) is 3. The van der Waals surface area contributed by atoms with Crippen molar-refractivity contribution >= 4 is 21.9 Å². The van der Waals surface area contributed by atoms with E-state index in [4.69, 9.17) is 19.2 Å². The minimum Gasteiger partial charge on any atom is -0.493 e. The third-order valence-electron chi connectivity index (χ3n) is 6.06. The summed E-state index contributed by atoms with van der Waals surface area (Å²) < 4.78 is 19.7. The zero-order valence-corrected chi connectivity index (χ0v) is 19.7. The van der Waals surface area contributed by atoms with Crippen molar-refractivity contribution in [3.63, 3.8) is 0 Å². The van der Waals surface area contributed by atoms with Crippen LogP contribution in [0.2, 0.25) is 0 Å². The molecule has 8 nitrogen and oxygen atoms in total. The van der Waals surface area contributed by atoms with Crippen molar-refractivity contribution in [1.82, 2.24) is 14.1 Å². The van der Waals surface area contributed by atoms with Crippen molar-refractivity contribution in [1.29, 1.82) is 0 Å². The second-order valence-corrected chi connectivity index (χ2v) is 7.93. The van der Waals surface area contributed by atoms with Gasteiger partial charge in [-0.2, -0.15) is 0 Å². The molecule has 0 aliphatic heterocycles. The monoisotopic (exact) mass is 469 g/mol. The second-order valence-electron chi connectivity index (χ2n) is 7.93. The molecule has 0 aliphatic rings. The van der Waals surface area contributed by atoms with Gasteiger partial charge in [0.25, 0.3) is 5.56 Å². The number of aryl methyl sites for hydroxylation is 1. The van der Waals surface area contributed by atoms with Gasteiger partial charge in [0.15, 0.2) is 17.1 Å². The molecule has 0 saturated carbocycles. The standard InChI is InChI=1S/C27H23N3O5/c1-29-19-13-9-8-12-18(19)23(31)22-26(29)28-25(30(27(22)32)17-10-6-5-7-11-17)16-14-20(33-2)24(35-4)21(15-16)34-3/h5-15H,1-4H3. The Hall–Kier alpha value is -4.59. The molecule has 35 heavy (non-hydrogen) atoms. The molecule has 2 heterocycles. The minimum absolute atomic E-state index is 0.0197. The van der Waals surface area contributed by atoms with E-state index < -0.39 is 5.56 Å². The predicted octanol–water partition coefficient (Wildman–Crippen LogP) is 3.93. The van der Waals surface area contributed by atoms with E-state index in [0.29, 0.717) is 45.2 Å². The minimum atomic E-state index is -0.462. The van der Waals surface area contributed by atoms with Gasteiger partial charge in [0, 0.05) is 18.0 Å². The molecule has 0 fully saturated rings. The Morgan fingerprint density at radius 3 is 2.06 bits per heavy atom. The van der Waals surface area contributed by atoms with E-state index in [0.717, 1.165) is 0 Å². The lowest BCUT2D eigenvalue weighted by Crippen LogP contribution is -2.28. The Kier molecular flexibility index (Phi) is 5.49. The molecule has 8 heteroatoms. The molecular formula is C27H23N3O5. The second kappa shape index (κ2) is 8.64. The quantitative estimate of drug-likeness (QED) is 0.363. The van der Waals surface area contributed by atoms with Gasteiger partial charge in [-0.05, 0) is 36.4 Å². The third kappa shape index (κ3) is 3.42. The summed E-state index contributed by atoms with van der Waals surface area (Å²) in [5.41, 5.74) is 1.29. The zero-order chi connectivity index (χ0) is 24.7. The molecule has 176 valence electrons. The summed E-state index contributed by atoms with van der Waals surface area (Å²) in [6.45, 7) is 0. The summed E-state index contributed by atoms with van der Waals surface area (Å²) >= 11 is 0. The number of nitrogens with zero attached hydrogens (tertiary/aromatic N) is 3. The van der Waals surface area contributed by atoms with Gasteiger partial charge in [0.05, 0.1) is 32.5 Å². The average molecular weight is 469 g/mol. The molecule has 0 saturated heterocycles. The lowest BCUT2D eigenvalue weighted by Gasteiger charge is -2.18. The molecule has 5 rings (SSSR count). The molecule has 0 atom stereocenters. The van der Waals surface area contributed by atoms with Crippen molar-refractivity contribution in [2.24, 2.45) is 7.05 Å². The van der Waals surface area contributed by atoms with E-state index in [2.05, 4.69) is 0 Å². The fraction of sp³-hybridized carbons (Fsp3) is 0.148. The van der Waals surface area contributed by atoms with Gasteiger partial charge in [0.2, 0.25) is 11.2 Å². The summed E-state index contributed by atoms with van der Waals surface area (Å²) in [4.78, 5) is 32.3. The van der Waals surface area contributed by atoms with Crippen molar-refractivity contribution < 1.29 is 14.2 Å². The van der Waals surface area contributed by atoms with E-state index >= 15 is 0 Å². The summed E-state index contributed by atoms with van der Waals surface area (Å²) in [5.74, 6) is 1.59. The van der Waals surface area contributed by atoms with Crippen LogP contribution in [0.25, 0.3) is 39.0 Å². The molecule has 0 aliphatic carbocycles. The topological polar surface area (TPSA) is 84.6 Å².